The molecule has 0 saturated carbocycles. The maximum atomic E-state index is 12.2. The van der Waals surface area contributed by atoms with Gasteiger partial charge < -0.3 is 15.4 Å². The Morgan fingerprint density at radius 3 is 2.62 bits per heavy atom. The number of nitrogens with one attached hydrogen (secondary N) is 2. The first kappa shape index (κ1) is 17.7. The Bertz CT molecular complexity index is 830. The summed E-state index contributed by atoms with van der Waals surface area (Å²) in [7, 11) is 0. The molecule has 1 heterocycles. The number of hydrogen-bond donors (Lipinski definition) is 2. The number of hydrogen-bond acceptors (Lipinski definition) is 4. The molecule has 2 aromatic carbocycles. The summed E-state index contributed by atoms with van der Waals surface area (Å²) < 4.78 is 5.29. The number of benzene rings is 2. The standard InChI is InChI=1S/C20H20N2O4/c1-13(23)21-16-7-9-17(10-8-16)26-19(24)11-6-15-12-14-4-2-3-5-18(14)22-20(15)25/h2-5,7-10,15H,6,11-12H2,1H3,(H,21,23)(H,22,25)/t15-/m1/s1. The van der Waals surface area contributed by atoms with E-state index in [0.717, 1.165) is 11.3 Å². The molecule has 1 aliphatic rings. The van der Waals surface area contributed by atoms with Gasteiger partial charge in [0.2, 0.25) is 11.8 Å². The highest BCUT2D eigenvalue weighted by Crippen LogP contribution is 2.27. The molecule has 0 bridgehead atoms. The van der Waals surface area contributed by atoms with Crippen molar-refractivity contribution in [2.45, 2.75) is 26.2 Å². The lowest BCUT2D eigenvalue weighted by Gasteiger charge is -2.24. The third-order valence-corrected chi connectivity index (χ3v) is 4.22. The molecule has 6 heteroatoms. The van der Waals surface area contributed by atoms with E-state index in [-0.39, 0.29) is 30.1 Å². The lowest BCUT2D eigenvalue weighted by Crippen LogP contribution is -2.30. The number of para-hydroxylation sites is 1. The van der Waals surface area contributed by atoms with Crippen LogP contribution in [0.25, 0.3) is 0 Å². The van der Waals surface area contributed by atoms with Gasteiger partial charge in [0.15, 0.2) is 0 Å². The van der Waals surface area contributed by atoms with Crippen LogP contribution in [0.4, 0.5) is 11.4 Å². The van der Waals surface area contributed by atoms with E-state index in [1.54, 1.807) is 24.3 Å². The Kier molecular flexibility index (Phi) is 5.31. The molecule has 0 fully saturated rings. The Labute approximate surface area is 151 Å². The number of esters is 1. The van der Waals surface area contributed by atoms with Gasteiger partial charge in [-0.1, -0.05) is 18.2 Å². The summed E-state index contributed by atoms with van der Waals surface area (Å²) in [6.45, 7) is 1.42. The van der Waals surface area contributed by atoms with Gasteiger partial charge >= 0.3 is 5.97 Å². The first-order valence-corrected chi connectivity index (χ1v) is 8.48. The van der Waals surface area contributed by atoms with Crippen LogP contribution in [0.15, 0.2) is 48.5 Å². The van der Waals surface area contributed by atoms with Crippen LogP contribution < -0.4 is 15.4 Å². The predicted molar refractivity (Wildman–Crippen MR) is 97.9 cm³/mol. The zero-order valence-electron chi connectivity index (χ0n) is 14.5. The molecule has 0 unspecified atom stereocenters. The Hall–Kier alpha value is -3.15. The minimum atomic E-state index is -0.385. The van der Waals surface area contributed by atoms with E-state index in [0.29, 0.717) is 24.3 Å². The molecule has 134 valence electrons. The van der Waals surface area contributed by atoms with Crippen LogP contribution in [0.3, 0.4) is 0 Å². The minimum absolute atomic E-state index is 0.0591. The van der Waals surface area contributed by atoms with E-state index in [2.05, 4.69) is 10.6 Å². The van der Waals surface area contributed by atoms with Crippen molar-refractivity contribution in [2.75, 3.05) is 10.6 Å². The molecule has 0 spiro atoms. The molecule has 3 rings (SSSR count). The Balaban J connectivity index is 1.51. The minimum Gasteiger partial charge on any atom is -0.427 e. The molecule has 2 N–H and O–H groups in total. The number of carbonyl (C=O) groups is 3. The van der Waals surface area contributed by atoms with Crippen LogP contribution in [0.2, 0.25) is 0 Å². The first-order chi connectivity index (χ1) is 12.5. The number of anilines is 2. The van der Waals surface area contributed by atoms with Crippen molar-refractivity contribution in [3.8, 4) is 5.75 Å². The monoisotopic (exact) mass is 352 g/mol. The van der Waals surface area contributed by atoms with Crippen LogP contribution in [0, 0.1) is 5.92 Å². The molecule has 2 amide bonds. The van der Waals surface area contributed by atoms with Crippen molar-refractivity contribution in [1.82, 2.24) is 0 Å². The summed E-state index contributed by atoms with van der Waals surface area (Å²) in [6.07, 6.45) is 1.22. The maximum Gasteiger partial charge on any atom is 0.311 e. The quantitative estimate of drug-likeness (QED) is 0.639. The summed E-state index contributed by atoms with van der Waals surface area (Å²) in [5.74, 6) is -0.440. The average molecular weight is 352 g/mol. The Morgan fingerprint density at radius 1 is 1.15 bits per heavy atom. The summed E-state index contributed by atoms with van der Waals surface area (Å²) in [5.41, 5.74) is 2.56. The summed E-state index contributed by atoms with van der Waals surface area (Å²) in [5, 5.41) is 5.52. The zero-order chi connectivity index (χ0) is 18.5. The van der Waals surface area contributed by atoms with Gasteiger partial charge in [0.05, 0.1) is 0 Å². The van der Waals surface area contributed by atoms with E-state index in [9.17, 15) is 14.4 Å². The highest BCUT2D eigenvalue weighted by atomic mass is 16.5. The predicted octanol–water partition coefficient (Wildman–Crippen LogP) is 3.14. The molecular weight excluding hydrogens is 332 g/mol. The molecule has 0 saturated heterocycles. The van der Waals surface area contributed by atoms with Crippen molar-refractivity contribution in [1.29, 1.82) is 0 Å². The number of rotatable bonds is 5. The summed E-state index contributed by atoms with van der Waals surface area (Å²) in [6, 6.07) is 14.2. The highest BCUT2D eigenvalue weighted by Gasteiger charge is 2.26. The van der Waals surface area contributed by atoms with E-state index < -0.39 is 0 Å². The van der Waals surface area contributed by atoms with Gasteiger partial charge in [-0.05, 0) is 48.7 Å². The van der Waals surface area contributed by atoms with Crippen molar-refractivity contribution < 1.29 is 19.1 Å². The topological polar surface area (TPSA) is 84.5 Å². The number of amides is 2. The van der Waals surface area contributed by atoms with Gasteiger partial charge in [0, 0.05) is 30.6 Å². The van der Waals surface area contributed by atoms with Crippen molar-refractivity contribution in [2.24, 2.45) is 5.92 Å². The van der Waals surface area contributed by atoms with Crippen LogP contribution in [-0.2, 0) is 20.8 Å². The van der Waals surface area contributed by atoms with Crippen LogP contribution in [0.1, 0.15) is 25.3 Å². The molecule has 1 aliphatic heterocycles. The number of fused-ring (bicyclic) bond motifs is 1. The van der Waals surface area contributed by atoms with E-state index in [1.807, 2.05) is 24.3 Å². The lowest BCUT2D eigenvalue weighted by atomic mass is 9.90. The molecule has 26 heavy (non-hydrogen) atoms. The van der Waals surface area contributed by atoms with Gasteiger partial charge in [-0.25, -0.2) is 0 Å². The smallest absolute Gasteiger partial charge is 0.311 e. The lowest BCUT2D eigenvalue weighted by molar-refractivity contribution is -0.135. The molecule has 0 aliphatic carbocycles. The first-order valence-electron chi connectivity index (χ1n) is 8.48. The fourth-order valence-electron chi connectivity index (χ4n) is 2.93. The van der Waals surface area contributed by atoms with E-state index in [4.69, 9.17) is 4.74 Å². The molecule has 0 aromatic heterocycles. The van der Waals surface area contributed by atoms with Gasteiger partial charge in [-0.2, -0.15) is 0 Å². The second kappa shape index (κ2) is 7.82. The second-order valence-corrected chi connectivity index (χ2v) is 6.27. The SMILES string of the molecule is CC(=O)Nc1ccc(OC(=O)CC[C@@H]2Cc3ccccc3NC2=O)cc1. The largest absolute Gasteiger partial charge is 0.427 e. The molecule has 1 atom stereocenters. The van der Waals surface area contributed by atoms with Gasteiger partial charge in [-0.15, -0.1) is 0 Å². The number of carbonyl (C=O) groups excluding carboxylic acids is 3. The molecule has 2 aromatic rings. The fraction of sp³-hybridized carbons (Fsp3) is 0.250. The van der Waals surface area contributed by atoms with Gasteiger partial charge in [-0.3, -0.25) is 14.4 Å². The van der Waals surface area contributed by atoms with Crippen LogP contribution in [0.5, 0.6) is 5.75 Å². The van der Waals surface area contributed by atoms with Crippen molar-refractivity contribution in [3.63, 3.8) is 0 Å². The zero-order valence-corrected chi connectivity index (χ0v) is 14.5. The highest BCUT2D eigenvalue weighted by molar-refractivity contribution is 5.96. The normalized spacial score (nSPS) is 15.6. The molecule has 0 radical (unpaired) electrons. The van der Waals surface area contributed by atoms with Gasteiger partial charge in [0.25, 0.3) is 0 Å². The van der Waals surface area contributed by atoms with Crippen molar-refractivity contribution in [3.05, 3.63) is 54.1 Å². The van der Waals surface area contributed by atoms with E-state index >= 15 is 0 Å². The van der Waals surface area contributed by atoms with Gasteiger partial charge in [0.1, 0.15) is 5.75 Å². The number of ether oxygens (including phenoxy) is 1. The third kappa shape index (κ3) is 4.47. The maximum absolute atomic E-state index is 12.2. The van der Waals surface area contributed by atoms with Crippen LogP contribution in [-0.4, -0.2) is 17.8 Å². The Morgan fingerprint density at radius 2 is 1.88 bits per heavy atom. The van der Waals surface area contributed by atoms with E-state index in [1.165, 1.54) is 6.92 Å². The average Bonchev–Trinajstić information content (AvgIpc) is 2.61. The molecule has 6 nitrogen and oxygen atoms in total. The summed E-state index contributed by atoms with van der Waals surface area (Å²) in [4.78, 5) is 35.2. The third-order valence-electron chi connectivity index (χ3n) is 4.22. The van der Waals surface area contributed by atoms with Crippen molar-refractivity contribution >= 4 is 29.2 Å². The molecular formula is C20H20N2O4. The fourth-order valence-corrected chi connectivity index (χ4v) is 2.93. The summed E-state index contributed by atoms with van der Waals surface area (Å²) >= 11 is 0. The van der Waals surface area contributed by atoms with Crippen LogP contribution >= 0.6 is 0 Å². The second-order valence-electron chi connectivity index (χ2n) is 6.27.